The fourth-order valence-electron chi connectivity index (χ4n) is 4.28. The van der Waals surface area contributed by atoms with Gasteiger partial charge in [0, 0.05) is 48.8 Å². The molecule has 0 radical (unpaired) electrons. The number of carbonyl (C=O) groups excluding carboxylic acids is 1. The fourth-order valence-corrected chi connectivity index (χ4v) is 5.25. The standard InChI is InChI=1S/C26H29ClN6O3S/c1-37-22-23(27)30-24(31-25(22)33-12-16-36-17-13-33)18-2-4-19(5-3-18)28-26(34)29-20-6-8-21(9-7-20)32-10-14-35-15-11-32/h2-9H,10-17H2,1H3,(H2,28,29,34). The van der Waals surface area contributed by atoms with Crippen LogP contribution >= 0.6 is 23.4 Å². The normalized spacial score (nSPS) is 15.9. The lowest BCUT2D eigenvalue weighted by Crippen LogP contribution is -2.37. The maximum absolute atomic E-state index is 12.5. The lowest BCUT2D eigenvalue weighted by atomic mass is 10.2. The maximum Gasteiger partial charge on any atom is 0.323 e. The van der Waals surface area contributed by atoms with Crippen molar-refractivity contribution in [3.05, 3.63) is 53.7 Å². The Morgan fingerprint density at radius 3 is 1.95 bits per heavy atom. The van der Waals surface area contributed by atoms with E-state index in [2.05, 4.69) is 25.4 Å². The summed E-state index contributed by atoms with van der Waals surface area (Å²) in [6.07, 6.45) is 1.97. The Balaban J connectivity index is 1.23. The van der Waals surface area contributed by atoms with Gasteiger partial charge < -0.3 is 29.9 Å². The van der Waals surface area contributed by atoms with Crippen LogP contribution in [0.3, 0.4) is 0 Å². The molecule has 2 aliphatic rings. The van der Waals surface area contributed by atoms with Gasteiger partial charge in [0.2, 0.25) is 0 Å². The van der Waals surface area contributed by atoms with Gasteiger partial charge in [0.1, 0.15) is 11.0 Å². The number of aromatic nitrogens is 2. The Hall–Kier alpha value is -3.05. The summed E-state index contributed by atoms with van der Waals surface area (Å²) < 4.78 is 10.9. The van der Waals surface area contributed by atoms with Crippen molar-refractivity contribution in [3.8, 4) is 11.4 Å². The highest BCUT2D eigenvalue weighted by Crippen LogP contribution is 2.35. The Morgan fingerprint density at radius 1 is 0.838 bits per heavy atom. The van der Waals surface area contributed by atoms with Crippen LogP contribution in [0.4, 0.5) is 27.7 Å². The number of ether oxygens (including phenoxy) is 2. The number of carbonyl (C=O) groups is 1. The summed E-state index contributed by atoms with van der Waals surface area (Å²) in [6, 6.07) is 14.9. The molecule has 2 fully saturated rings. The lowest BCUT2D eigenvalue weighted by Gasteiger charge is -2.29. The van der Waals surface area contributed by atoms with Crippen molar-refractivity contribution < 1.29 is 14.3 Å². The molecule has 2 saturated heterocycles. The van der Waals surface area contributed by atoms with Crippen LogP contribution in [0, 0.1) is 0 Å². The predicted octanol–water partition coefficient (Wildman–Crippen LogP) is 4.84. The van der Waals surface area contributed by atoms with Crippen LogP contribution in [-0.2, 0) is 9.47 Å². The van der Waals surface area contributed by atoms with Crippen molar-refractivity contribution in [3.63, 3.8) is 0 Å². The van der Waals surface area contributed by atoms with Crippen molar-refractivity contribution in [2.45, 2.75) is 4.90 Å². The number of rotatable bonds is 6. The van der Waals surface area contributed by atoms with Crippen LogP contribution in [0.5, 0.6) is 0 Å². The van der Waals surface area contributed by atoms with Crippen molar-refractivity contribution >= 4 is 52.3 Å². The molecule has 2 N–H and O–H groups in total. The Kier molecular flexibility index (Phi) is 8.30. The van der Waals surface area contributed by atoms with Gasteiger partial charge in [-0.2, -0.15) is 0 Å². The van der Waals surface area contributed by atoms with Crippen molar-refractivity contribution in [2.24, 2.45) is 0 Å². The second-order valence-corrected chi connectivity index (χ2v) is 9.77. The van der Waals surface area contributed by atoms with E-state index in [9.17, 15) is 4.79 Å². The number of hydrogen-bond donors (Lipinski definition) is 2. The highest BCUT2D eigenvalue weighted by molar-refractivity contribution is 7.98. The zero-order chi connectivity index (χ0) is 25.6. The van der Waals surface area contributed by atoms with Gasteiger partial charge >= 0.3 is 6.03 Å². The highest BCUT2D eigenvalue weighted by atomic mass is 35.5. The zero-order valence-electron chi connectivity index (χ0n) is 20.6. The number of benzene rings is 2. The number of nitrogens with zero attached hydrogens (tertiary/aromatic N) is 4. The van der Waals surface area contributed by atoms with Crippen LogP contribution in [0.15, 0.2) is 53.4 Å². The number of nitrogens with one attached hydrogen (secondary N) is 2. The molecule has 9 nitrogen and oxygen atoms in total. The SMILES string of the molecule is CSc1c(Cl)nc(-c2ccc(NC(=O)Nc3ccc(N4CCOCC4)cc3)cc2)nc1N1CCOCC1. The van der Waals surface area contributed by atoms with E-state index in [1.165, 1.54) is 11.8 Å². The van der Waals surface area contributed by atoms with Crippen molar-refractivity contribution in [1.29, 1.82) is 0 Å². The van der Waals surface area contributed by atoms with E-state index in [-0.39, 0.29) is 6.03 Å². The summed E-state index contributed by atoms with van der Waals surface area (Å²) in [6.45, 7) is 6.05. The number of morpholine rings is 2. The van der Waals surface area contributed by atoms with E-state index in [0.29, 0.717) is 29.9 Å². The van der Waals surface area contributed by atoms with Gasteiger partial charge in [-0.25, -0.2) is 14.8 Å². The molecule has 11 heteroatoms. The quantitative estimate of drug-likeness (QED) is 0.339. The van der Waals surface area contributed by atoms with E-state index >= 15 is 0 Å². The largest absolute Gasteiger partial charge is 0.378 e. The van der Waals surface area contributed by atoms with Gasteiger partial charge in [-0.15, -0.1) is 11.8 Å². The van der Waals surface area contributed by atoms with E-state index < -0.39 is 0 Å². The summed E-state index contributed by atoms with van der Waals surface area (Å²) in [4.78, 5) is 27.2. The Morgan fingerprint density at radius 2 is 1.38 bits per heavy atom. The average molecular weight is 541 g/mol. The molecule has 2 aromatic carbocycles. The second kappa shape index (κ2) is 12.0. The monoisotopic (exact) mass is 540 g/mol. The first-order valence-corrected chi connectivity index (χ1v) is 13.8. The van der Waals surface area contributed by atoms with E-state index in [4.69, 9.17) is 26.1 Å². The minimum absolute atomic E-state index is 0.315. The van der Waals surface area contributed by atoms with Gasteiger partial charge in [0.25, 0.3) is 0 Å². The highest BCUT2D eigenvalue weighted by Gasteiger charge is 2.21. The third-order valence-corrected chi connectivity index (χ3v) is 7.39. The number of anilines is 4. The molecule has 3 heterocycles. The minimum Gasteiger partial charge on any atom is -0.378 e. The summed E-state index contributed by atoms with van der Waals surface area (Å²) in [7, 11) is 0. The van der Waals surface area contributed by atoms with Crippen LogP contribution in [0.25, 0.3) is 11.4 Å². The number of thioether (sulfide) groups is 1. The van der Waals surface area contributed by atoms with Gasteiger partial charge in [-0.05, 0) is 54.8 Å². The molecule has 2 aliphatic heterocycles. The molecule has 0 atom stereocenters. The number of urea groups is 1. The summed E-state index contributed by atoms with van der Waals surface area (Å²) >= 11 is 8.07. The summed E-state index contributed by atoms with van der Waals surface area (Å²) in [5.74, 6) is 1.37. The van der Waals surface area contributed by atoms with Crippen LogP contribution < -0.4 is 20.4 Å². The third-order valence-electron chi connectivity index (χ3n) is 6.22. The molecule has 0 saturated carbocycles. The molecule has 5 rings (SSSR count). The van der Waals surface area contributed by atoms with Crippen LogP contribution in [0.2, 0.25) is 5.15 Å². The molecule has 37 heavy (non-hydrogen) atoms. The molecule has 0 aliphatic carbocycles. The molecule has 3 aromatic rings. The second-order valence-electron chi connectivity index (χ2n) is 8.60. The van der Waals surface area contributed by atoms with Crippen LogP contribution in [-0.4, -0.2) is 74.9 Å². The topological polar surface area (TPSA) is 91.9 Å². The minimum atomic E-state index is -0.315. The van der Waals surface area contributed by atoms with E-state index in [0.717, 1.165) is 67.0 Å². The first-order valence-electron chi connectivity index (χ1n) is 12.2. The predicted molar refractivity (Wildman–Crippen MR) is 149 cm³/mol. The van der Waals surface area contributed by atoms with Crippen LogP contribution in [0.1, 0.15) is 0 Å². The van der Waals surface area contributed by atoms with Gasteiger partial charge in [-0.3, -0.25) is 0 Å². The zero-order valence-corrected chi connectivity index (χ0v) is 22.1. The molecular formula is C26H29ClN6O3S. The van der Waals surface area contributed by atoms with Gasteiger partial charge in [0.15, 0.2) is 5.82 Å². The number of amides is 2. The molecule has 0 spiro atoms. The van der Waals surface area contributed by atoms with Gasteiger partial charge in [-0.1, -0.05) is 11.6 Å². The van der Waals surface area contributed by atoms with Gasteiger partial charge in [0.05, 0.1) is 31.3 Å². The third kappa shape index (κ3) is 6.27. The smallest absolute Gasteiger partial charge is 0.323 e. The molecule has 2 amide bonds. The lowest BCUT2D eigenvalue weighted by molar-refractivity contribution is 0.122. The van der Waals surface area contributed by atoms with Crippen molar-refractivity contribution in [2.75, 3.05) is 79.3 Å². The van der Waals surface area contributed by atoms with E-state index in [1.807, 2.05) is 54.8 Å². The molecule has 0 unspecified atom stereocenters. The molecule has 194 valence electrons. The summed E-state index contributed by atoms with van der Waals surface area (Å²) in [5, 5.41) is 6.18. The first kappa shape index (κ1) is 25.6. The average Bonchev–Trinajstić information content (AvgIpc) is 2.94. The fraction of sp³-hybridized carbons (Fsp3) is 0.346. The number of halogens is 1. The molecular weight excluding hydrogens is 512 g/mol. The molecule has 1 aromatic heterocycles. The first-order chi connectivity index (χ1) is 18.1. The number of hydrogen-bond acceptors (Lipinski definition) is 8. The van der Waals surface area contributed by atoms with E-state index in [1.54, 1.807) is 0 Å². The summed E-state index contributed by atoms with van der Waals surface area (Å²) in [5.41, 5.74) is 3.31. The Bertz CT molecular complexity index is 1220. The Labute approximate surface area is 225 Å². The maximum atomic E-state index is 12.5. The molecule has 0 bridgehead atoms. The van der Waals surface area contributed by atoms with Crippen molar-refractivity contribution in [1.82, 2.24) is 9.97 Å².